The summed E-state index contributed by atoms with van der Waals surface area (Å²) >= 11 is 0. The Balaban J connectivity index is 2.77. The minimum Gasteiger partial charge on any atom is -0.355 e. The third-order valence-corrected chi connectivity index (χ3v) is 2.80. The first-order chi connectivity index (χ1) is 8.56. The van der Waals surface area contributed by atoms with Gasteiger partial charge in [-0.25, -0.2) is 0 Å². The standard InChI is InChI=1S/C14H20N2O2/c1-4-15-14(18)11(2)16(12(3)17)10-13-8-6-5-7-9-13/h5-9,11H,4,10H2,1-3H3,(H,15,18)/t11-/m1/s1. The Labute approximate surface area is 108 Å². The summed E-state index contributed by atoms with van der Waals surface area (Å²) in [6.45, 7) is 6.11. The minimum atomic E-state index is -0.456. The van der Waals surface area contributed by atoms with Gasteiger partial charge in [0, 0.05) is 20.0 Å². The Morgan fingerprint density at radius 1 is 1.28 bits per heavy atom. The largest absolute Gasteiger partial charge is 0.355 e. The lowest BCUT2D eigenvalue weighted by Gasteiger charge is -2.27. The monoisotopic (exact) mass is 248 g/mol. The first-order valence-corrected chi connectivity index (χ1v) is 6.15. The summed E-state index contributed by atoms with van der Waals surface area (Å²) in [7, 11) is 0. The summed E-state index contributed by atoms with van der Waals surface area (Å²) in [5.74, 6) is -0.221. The number of rotatable bonds is 5. The van der Waals surface area contributed by atoms with Crippen molar-refractivity contribution < 1.29 is 9.59 Å². The van der Waals surface area contributed by atoms with E-state index in [-0.39, 0.29) is 11.8 Å². The molecule has 18 heavy (non-hydrogen) atoms. The lowest BCUT2D eigenvalue weighted by Crippen LogP contribution is -2.46. The Kier molecular flexibility index (Phi) is 5.36. The third kappa shape index (κ3) is 3.87. The SMILES string of the molecule is CCNC(=O)[C@@H](C)N(Cc1ccccc1)C(C)=O. The third-order valence-electron chi connectivity index (χ3n) is 2.80. The molecule has 1 aromatic rings. The number of nitrogens with one attached hydrogen (secondary N) is 1. The van der Waals surface area contributed by atoms with Gasteiger partial charge in [-0.1, -0.05) is 30.3 Å². The number of hydrogen-bond acceptors (Lipinski definition) is 2. The van der Waals surface area contributed by atoms with Crippen molar-refractivity contribution in [1.82, 2.24) is 10.2 Å². The maximum Gasteiger partial charge on any atom is 0.242 e. The van der Waals surface area contributed by atoms with E-state index in [0.717, 1.165) is 5.56 Å². The Hall–Kier alpha value is -1.84. The molecule has 4 nitrogen and oxygen atoms in total. The van der Waals surface area contributed by atoms with E-state index in [4.69, 9.17) is 0 Å². The second-order valence-electron chi connectivity index (χ2n) is 4.20. The zero-order chi connectivity index (χ0) is 13.5. The zero-order valence-corrected chi connectivity index (χ0v) is 11.1. The van der Waals surface area contributed by atoms with Gasteiger partial charge >= 0.3 is 0 Å². The highest BCUT2D eigenvalue weighted by Crippen LogP contribution is 2.09. The van der Waals surface area contributed by atoms with Crippen molar-refractivity contribution in [2.24, 2.45) is 0 Å². The number of hydrogen-bond donors (Lipinski definition) is 1. The molecule has 0 spiro atoms. The number of likely N-dealkylation sites (N-methyl/N-ethyl adjacent to an activating group) is 1. The van der Waals surface area contributed by atoms with E-state index < -0.39 is 6.04 Å². The van der Waals surface area contributed by atoms with Crippen molar-refractivity contribution in [3.63, 3.8) is 0 Å². The predicted octanol–water partition coefficient (Wildman–Crippen LogP) is 1.56. The van der Waals surface area contributed by atoms with Crippen molar-refractivity contribution in [2.75, 3.05) is 6.54 Å². The molecule has 4 heteroatoms. The summed E-state index contributed by atoms with van der Waals surface area (Å²) in [4.78, 5) is 25.0. The molecule has 0 bridgehead atoms. The van der Waals surface area contributed by atoms with Crippen molar-refractivity contribution in [3.05, 3.63) is 35.9 Å². The molecule has 0 aliphatic heterocycles. The van der Waals surface area contributed by atoms with E-state index in [1.165, 1.54) is 6.92 Å². The molecule has 0 fully saturated rings. The molecule has 0 aliphatic rings. The van der Waals surface area contributed by atoms with Crippen LogP contribution in [0.5, 0.6) is 0 Å². The number of carbonyl (C=O) groups is 2. The van der Waals surface area contributed by atoms with Gasteiger partial charge < -0.3 is 10.2 Å². The smallest absolute Gasteiger partial charge is 0.242 e. The summed E-state index contributed by atoms with van der Waals surface area (Å²) in [6.07, 6.45) is 0. The van der Waals surface area contributed by atoms with Gasteiger partial charge in [-0.2, -0.15) is 0 Å². The van der Waals surface area contributed by atoms with Crippen LogP contribution >= 0.6 is 0 Å². The quantitative estimate of drug-likeness (QED) is 0.859. The van der Waals surface area contributed by atoms with Gasteiger partial charge in [0.05, 0.1) is 0 Å². The van der Waals surface area contributed by atoms with E-state index in [1.54, 1.807) is 11.8 Å². The number of carbonyl (C=O) groups excluding carboxylic acids is 2. The van der Waals surface area contributed by atoms with Crippen molar-refractivity contribution in [2.45, 2.75) is 33.4 Å². The van der Waals surface area contributed by atoms with Crippen molar-refractivity contribution in [3.8, 4) is 0 Å². The van der Waals surface area contributed by atoms with E-state index in [0.29, 0.717) is 13.1 Å². The normalized spacial score (nSPS) is 11.7. The average molecular weight is 248 g/mol. The van der Waals surface area contributed by atoms with Crippen LogP contribution in [0.25, 0.3) is 0 Å². The predicted molar refractivity (Wildman–Crippen MR) is 70.8 cm³/mol. The highest BCUT2D eigenvalue weighted by Gasteiger charge is 2.22. The number of amides is 2. The van der Waals surface area contributed by atoms with E-state index >= 15 is 0 Å². The fraction of sp³-hybridized carbons (Fsp3) is 0.429. The Morgan fingerprint density at radius 2 is 1.89 bits per heavy atom. The van der Waals surface area contributed by atoms with Gasteiger partial charge in [-0.05, 0) is 19.4 Å². The molecule has 0 saturated heterocycles. The van der Waals surface area contributed by atoms with E-state index in [9.17, 15) is 9.59 Å². The van der Waals surface area contributed by atoms with Gasteiger partial charge in [-0.3, -0.25) is 9.59 Å². The van der Waals surface area contributed by atoms with E-state index in [2.05, 4.69) is 5.32 Å². The molecular weight excluding hydrogens is 228 g/mol. The van der Waals surface area contributed by atoms with Gasteiger partial charge in [-0.15, -0.1) is 0 Å². The molecule has 0 unspecified atom stereocenters. The van der Waals surface area contributed by atoms with Crippen molar-refractivity contribution >= 4 is 11.8 Å². The van der Waals surface area contributed by atoms with Crippen LogP contribution in [0.1, 0.15) is 26.3 Å². The summed E-state index contributed by atoms with van der Waals surface area (Å²) in [6, 6.07) is 9.20. The second kappa shape index (κ2) is 6.79. The lowest BCUT2D eigenvalue weighted by molar-refractivity contribution is -0.138. The summed E-state index contributed by atoms with van der Waals surface area (Å²) < 4.78 is 0. The molecule has 0 saturated carbocycles. The fourth-order valence-corrected chi connectivity index (χ4v) is 1.76. The molecule has 98 valence electrons. The van der Waals surface area contributed by atoms with Crippen LogP contribution in [-0.2, 0) is 16.1 Å². The van der Waals surface area contributed by atoms with Crippen molar-refractivity contribution in [1.29, 1.82) is 0 Å². The highest BCUT2D eigenvalue weighted by atomic mass is 16.2. The van der Waals surface area contributed by atoms with Crippen LogP contribution in [0.3, 0.4) is 0 Å². The van der Waals surface area contributed by atoms with E-state index in [1.807, 2.05) is 37.3 Å². The number of benzene rings is 1. The number of nitrogens with zero attached hydrogens (tertiary/aromatic N) is 1. The maximum atomic E-state index is 11.8. The Bertz CT molecular complexity index is 404. The summed E-state index contributed by atoms with van der Waals surface area (Å²) in [5, 5.41) is 2.73. The van der Waals surface area contributed by atoms with Crippen LogP contribution in [0.2, 0.25) is 0 Å². The van der Waals surface area contributed by atoms with Gasteiger partial charge in [0.25, 0.3) is 0 Å². The molecule has 0 aliphatic carbocycles. The molecular formula is C14H20N2O2. The average Bonchev–Trinajstić information content (AvgIpc) is 2.36. The van der Waals surface area contributed by atoms with Gasteiger partial charge in [0.1, 0.15) is 6.04 Å². The zero-order valence-electron chi connectivity index (χ0n) is 11.1. The molecule has 0 aromatic heterocycles. The highest BCUT2D eigenvalue weighted by molar-refractivity contribution is 5.86. The fourth-order valence-electron chi connectivity index (χ4n) is 1.76. The lowest BCUT2D eigenvalue weighted by atomic mass is 10.1. The van der Waals surface area contributed by atoms with Crippen LogP contribution in [-0.4, -0.2) is 29.3 Å². The minimum absolute atomic E-state index is 0.0994. The molecule has 0 radical (unpaired) electrons. The van der Waals surface area contributed by atoms with Crippen LogP contribution in [0.4, 0.5) is 0 Å². The molecule has 1 rings (SSSR count). The Morgan fingerprint density at radius 3 is 2.39 bits per heavy atom. The van der Waals surface area contributed by atoms with Gasteiger partial charge in [0.2, 0.25) is 11.8 Å². The first kappa shape index (κ1) is 14.2. The molecule has 1 N–H and O–H groups in total. The topological polar surface area (TPSA) is 49.4 Å². The molecule has 1 aromatic carbocycles. The van der Waals surface area contributed by atoms with Crippen LogP contribution < -0.4 is 5.32 Å². The second-order valence-corrected chi connectivity index (χ2v) is 4.20. The first-order valence-electron chi connectivity index (χ1n) is 6.15. The molecule has 0 heterocycles. The van der Waals surface area contributed by atoms with Crippen LogP contribution in [0, 0.1) is 0 Å². The van der Waals surface area contributed by atoms with Gasteiger partial charge in [0.15, 0.2) is 0 Å². The molecule has 2 amide bonds. The molecule has 1 atom stereocenters. The summed E-state index contributed by atoms with van der Waals surface area (Å²) in [5.41, 5.74) is 1.02. The van der Waals surface area contributed by atoms with Crippen LogP contribution in [0.15, 0.2) is 30.3 Å². The maximum absolute atomic E-state index is 11.8.